The lowest BCUT2D eigenvalue weighted by Crippen LogP contribution is -2.29. The largest absolute Gasteiger partial charge is 0.384 e. The number of amidine groups is 1. The van der Waals surface area contributed by atoms with Crippen molar-refractivity contribution < 1.29 is 4.74 Å². The number of halogens is 1. The van der Waals surface area contributed by atoms with E-state index in [0.717, 1.165) is 18.8 Å². The number of nitrogens with one attached hydrogen (secondary N) is 1. The van der Waals surface area contributed by atoms with Crippen molar-refractivity contribution in [1.29, 1.82) is 5.41 Å². The molecule has 1 aromatic carbocycles. The third-order valence-electron chi connectivity index (χ3n) is 2.54. The van der Waals surface area contributed by atoms with Crippen LogP contribution in [0.4, 0.5) is 5.69 Å². The van der Waals surface area contributed by atoms with Crippen molar-refractivity contribution in [3.8, 4) is 0 Å². The fraction of sp³-hybridized carbons (Fsp3) is 0.417. The second kappa shape index (κ2) is 6.47. The average Bonchev–Trinajstić information content (AvgIpc) is 2.29. The standard InChI is InChI=1S/C12H18ClN3O/c1-3-16(6-7-17-2)11-8-9(13)4-5-10(11)12(14)15/h4-5,8H,3,6-7H2,1-2H3,(H3,14,15). The average molecular weight is 256 g/mol. The second-order valence-electron chi connectivity index (χ2n) is 3.65. The molecule has 0 atom stereocenters. The van der Waals surface area contributed by atoms with Crippen molar-refractivity contribution in [2.75, 3.05) is 31.7 Å². The van der Waals surface area contributed by atoms with Gasteiger partial charge in [0.2, 0.25) is 0 Å². The molecule has 0 aliphatic heterocycles. The Kier molecular flexibility index (Phi) is 5.25. The van der Waals surface area contributed by atoms with Gasteiger partial charge in [-0.3, -0.25) is 5.41 Å². The van der Waals surface area contributed by atoms with Gasteiger partial charge < -0.3 is 15.4 Å². The molecule has 0 saturated heterocycles. The highest BCUT2D eigenvalue weighted by atomic mass is 35.5. The summed E-state index contributed by atoms with van der Waals surface area (Å²) in [6.45, 7) is 4.22. The first-order valence-electron chi connectivity index (χ1n) is 5.48. The summed E-state index contributed by atoms with van der Waals surface area (Å²) >= 11 is 5.99. The fourth-order valence-corrected chi connectivity index (χ4v) is 1.81. The van der Waals surface area contributed by atoms with Gasteiger partial charge in [-0.05, 0) is 25.1 Å². The zero-order valence-electron chi connectivity index (χ0n) is 10.2. The second-order valence-corrected chi connectivity index (χ2v) is 4.08. The Labute approximate surface area is 107 Å². The van der Waals surface area contributed by atoms with Gasteiger partial charge in [0.15, 0.2) is 0 Å². The lowest BCUT2D eigenvalue weighted by molar-refractivity contribution is 0.205. The molecule has 5 heteroatoms. The SMILES string of the molecule is CCN(CCOC)c1cc(Cl)ccc1C(=N)N. The molecule has 1 aromatic rings. The minimum Gasteiger partial charge on any atom is -0.384 e. The Balaban J connectivity index is 3.06. The normalized spacial score (nSPS) is 10.3. The lowest BCUT2D eigenvalue weighted by atomic mass is 10.1. The molecule has 1 rings (SSSR count). The van der Waals surface area contributed by atoms with Gasteiger partial charge >= 0.3 is 0 Å². The van der Waals surface area contributed by atoms with Crippen molar-refractivity contribution in [1.82, 2.24) is 0 Å². The van der Waals surface area contributed by atoms with Gasteiger partial charge in [0.1, 0.15) is 5.84 Å². The minimum atomic E-state index is 0.0486. The molecule has 94 valence electrons. The van der Waals surface area contributed by atoms with Gasteiger partial charge in [-0.1, -0.05) is 11.6 Å². The van der Waals surface area contributed by atoms with Crippen molar-refractivity contribution in [2.24, 2.45) is 5.73 Å². The zero-order valence-corrected chi connectivity index (χ0v) is 10.9. The summed E-state index contributed by atoms with van der Waals surface area (Å²) in [6.07, 6.45) is 0. The van der Waals surface area contributed by atoms with Gasteiger partial charge in [0, 0.05) is 36.5 Å². The molecule has 0 heterocycles. The van der Waals surface area contributed by atoms with E-state index in [2.05, 4.69) is 4.90 Å². The van der Waals surface area contributed by atoms with Crippen LogP contribution < -0.4 is 10.6 Å². The first-order valence-corrected chi connectivity index (χ1v) is 5.85. The number of nitrogen functional groups attached to an aromatic ring is 1. The molecule has 0 saturated carbocycles. The maximum atomic E-state index is 7.57. The van der Waals surface area contributed by atoms with Crippen LogP contribution in [0.15, 0.2) is 18.2 Å². The molecule has 0 amide bonds. The van der Waals surface area contributed by atoms with Gasteiger partial charge in [-0.2, -0.15) is 0 Å². The quantitative estimate of drug-likeness (QED) is 0.604. The smallest absolute Gasteiger partial charge is 0.124 e. The summed E-state index contributed by atoms with van der Waals surface area (Å²) in [7, 11) is 1.66. The summed E-state index contributed by atoms with van der Waals surface area (Å²) in [5.74, 6) is 0.0486. The van der Waals surface area contributed by atoms with Crippen LogP contribution in [0.2, 0.25) is 5.02 Å². The molecule has 0 bridgehead atoms. The van der Waals surface area contributed by atoms with Crippen LogP contribution in [-0.2, 0) is 4.74 Å². The summed E-state index contributed by atoms with van der Waals surface area (Å²) in [4.78, 5) is 2.09. The Bertz CT molecular complexity index is 395. The van der Waals surface area contributed by atoms with Crippen molar-refractivity contribution >= 4 is 23.1 Å². The van der Waals surface area contributed by atoms with Crippen molar-refractivity contribution in [3.63, 3.8) is 0 Å². The molecule has 0 unspecified atom stereocenters. The van der Waals surface area contributed by atoms with Gasteiger partial charge in [-0.25, -0.2) is 0 Å². The number of benzene rings is 1. The van der Waals surface area contributed by atoms with Gasteiger partial charge in [0.05, 0.1) is 6.61 Å². The Morgan fingerprint density at radius 3 is 2.76 bits per heavy atom. The van der Waals surface area contributed by atoms with Crippen LogP contribution >= 0.6 is 11.6 Å². The van der Waals surface area contributed by atoms with E-state index in [1.165, 1.54) is 0 Å². The molecule has 17 heavy (non-hydrogen) atoms. The third kappa shape index (κ3) is 3.61. The predicted molar refractivity (Wildman–Crippen MR) is 72.2 cm³/mol. The number of ether oxygens (including phenoxy) is 1. The molecular weight excluding hydrogens is 238 g/mol. The Hall–Kier alpha value is -1.26. The van der Waals surface area contributed by atoms with Crippen LogP contribution in [0.25, 0.3) is 0 Å². The van der Waals surface area contributed by atoms with Crippen molar-refractivity contribution in [3.05, 3.63) is 28.8 Å². The van der Waals surface area contributed by atoms with E-state index in [-0.39, 0.29) is 5.84 Å². The Morgan fingerprint density at radius 2 is 2.24 bits per heavy atom. The molecule has 4 nitrogen and oxygen atoms in total. The number of anilines is 1. The summed E-state index contributed by atoms with van der Waals surface area (Å²) in [5, 5.41) is 8.21. The molecule has 0 aliphatic rings. The van der Waals surface area contributed by atoms with E-state index in [4.69, 9.17) is 27.5 Å². The number of nitrogens with two attached hydrogens (primary N) is 1. The van der Waals surface area contributed by atoms with Crippen LogP contribution in [0.3, 0.4) is 0 Å². The number of likely N-dealkylation sites (N-methyl/N-ethyl adjacent to an activating group) is 1. The van der Waals surface area contributed by atoms with E-state index in [9.17, 15) is 0 Å². The fourth-order valence-electron chi connectivity index (χ4n) is 1.64. The molecule has 3 N–H and O–H groups in total. The van der Waals surface area contributed by atoms with Gasteiger partial charge in [0.25, 0.3) is 0 Å². The number of methoxy groups -OCH3 is 1. The molecule has 0 aromatic heterocycles. The first-order chi connectivity index (χ1) is 8.10. The van der Waals surface area contributed by atoms with Crippen LogP contribution in [0, 0.1) is 5.41 Å². The zero-order chi connectivity index (χ0) is 12.8. The summed E-state index contributed by atoms with van der Waals surface area (Å²) in [5.41, 5.74) is 7.15. The third-order valence-corrected chi connectivity index (χ3v) is 2.77. The first kappa shape index (κ1) is 13.8. The van der Waals surface area contributed by atoms with E-state index < -0.39 is 0 Å². The lowest BCUT2D eigenvalue weighted by Gasteiger charge is -2.25. The highest BCUT2D eigenvalue weighted by molar-refractivity contribution is 6.31. The summed E-state index contributed by atoms with van der Waals surface area (Å²) in [6, 6.07) is 5.35. The van der Waals surface area contributed by atoms with E-state index >= 15 is 0 Å². The maximum Gasteiger partial charge on any atom is 0.124 e. The minimum absolute atomic E-state index is 0.0486. The number of hydrogen-bond donors (Lipinski definition) is 2. The predicted octanol–water partition coefficient (Wildman–Crippen LogP) is 2.10. The molecular formula is C12H18ClN3O. The monoisotopic (exact) mass is 255 g/mol. The molecule has 0 spiro atoms. The molecule has 0 fully saturated rings. The molecule has 0 radical (unpaired) electrons. The summed E-state index contributed by atoms with van der Waals surface area (Å²) < 4.78 is 5.07. The number of hydrogen-bond acceptors (Lipinski definition) is 3. The molecule has 0 aliphatic carbocycles. The highest BCUT2D eigenvalue weighted by Gasteiger charge is 2.12. The van der Waals surface area contributed by atoms with Crippen LogP contribution in [-0.4, -0.2) is 32.6 Å². The van der Waals surface area contributed by atoms with E-state index in [0.29, 0.717) is 17.2 Å². The van der Waals surface area contributed by atoms with E-state index in [1.807, 2.05) is 13.0 Å². The van der Waals surface area contributed by atoms with Crippen LogP contribution in [0.1, 0.15) is 12.5 Å². The maximum absolute atomic E-state index is 7.57. The topological polar surface area (TPSA) is 62.3 Å². The number of rotatable bonds is 6. The van der Waals surface area contributed by atoms with Crippen LogP contribution in [0.5, 0.6) is 0 Å². The Morgan fingerprint density at radius 1 is 1.53 bits per heavy atom. The number of nitrogens with zero attached hydrogens (tertiary/aromatic N) is 1. The van der Waals surface area contributed by atoms with Gasteiger partial charge in [-0.15, -0.1) is 0 Å². The van der Waals surface area contributed by atoms with E-state index in [1.54, 1.807) is 19.2 Å². The van der Waals surface area contributed by atoms with Crippen molar-refractivity contribution in [2.45, 2.75) is 6.92 Å². The highest BCUT2D eigenvalue weighted by Crippen LogP contribution is 2.24.